The van der Waals surface area contributed by atoms with Crippen LogP contribution >= 0.6 is 0 Å². The van der Waals surface area contributed by atoms with Crippen molar-refractivity contribution in [2.75, 3.05) is 33.4 Å². The molecule has 8 rings (SSSR count). The number of fused-ring (bicyclic) bond motifs is 4. The SMILES string of the molecule is COCCCC(c1c[nH]c2ccccc12)N(C(=O)[C@@H]1C[C@H](NCc2ccccc2)CN(C(=O)OCC2c3ccccc3-c3ccccc32)C1)C1CC1. The van der Waals surface area contributed by atoms with E-state index in [0.717, 1.165) is 42.1 Å². The third kappa shape index (κ3) is 7.10. The highest BCUT2D eigenvalue weighted by Gasteiger charge is 2.44. The number of ether oxygens (including phenoxy) is 2. The van der Waals surface area contributed by atoms with Crippen LogP contribution < -0.4 is 5.32 Å². The van der Waals surface area contributed by atoms with E-state index in [2.05, 4.69) is 88.1 Å². The van der Waals surface area contributed by atoms with Gasteiger partial charge in [0.2, 0.25) is 5.91 Å². The van der Waals surface area contributed by atoms with Gasteiger partial charge in [0.25, 0.3) is 0 Å². The van der Waals surface area contributed by atoms with Gasteiger partial charge in [0, 0.05) is 68.5 Å². The van der Waals surface area contributed by atoms with Crippen molar-refractivity contribution in [2.45, 2.75) is 62.7 Å². The summed E-state index contributed by atoms with van der Waals surface area (Å²) < 4.78 is 11.6. The largest absolute Gasteiger partial charge is 0.448 e. The maximum absolute atomic E-state index is 15.0. The number of nitrogens with zero attached hydrogens (tertiary/aromatic N) is 2. The predicted octanol–water partition coefficient (Wildman–Crippen LogP) is 8.06. The van der Waals surface area contributed by atoms with Crippen molar-refractivity contribution in [3.8, 4) is 11.1 Å². The summed E-state index contributed by atoms with van der Waals surface area (Å²) in [4.78, 5) is 36.5. The van der Waals surface area contributed by atoms with Gasteiger partial charge in [-0.1, -0.05) is 97.1 Å². The minimum absolute atomic E-state index is 0.0278. The van der Waals surface area contributed by atoms with Gasteiger partial charge >= 0.3 is 6.09 Å². The Morgan fingerprint density at radius 1 is 0.885 bits per heavy atom. The minimum atomic E-state index is -0.364. The Bertz CT molecular complexity index is 1960. The number of hydrogen-bond acceptors (Lipinski definition) is 5. The summed E-state index contributed by atoms with van der Waals surface area (Å²) in [5.74, 6) is -0.268. The predicted molar refractivity (Wildman–Crippen MR) is 204 cm³/mol. The molecule has 1 aliphatic heterocycles. The van der Waals surface area contributed by atoms with Gasteiger partial charge in [-0.05, 0) is 71.6 Å². The van der Waals surface area contributed by atoms with E-state index in [1.807, 2.05) is 36.4 Å². The number of aromatic amines is 1. The van der Waals surface area contributed by atoms with Crippen molar-refractivity contribution < 1.29 is 19.1 Å². The summed E-state index contributed by atoms with van der Waals surface area (Å²) in [6.07, 6.45) is 6.00. The van der Waals surface area contributed by atoms with Gasteiger partial charge in [0.1, 0.15) is 6.61 Å². The van der Waals surface area contributed by atoms with Crippen molar-refractivity contribution in [3.05, 3.63) is 132 Å². The molecule has 8 nitrogen and oxygen atoms in total. The highest BCUT2D eigenvalue weighted by atomic mass is 16.6. The molecule has 1 unspecified atom stereocenters. The summed E-state index contributed by atoms with van der Waals surface area (Å²) in [7, 11) is 1.73. The molecular weight excluding hydrogens is 649 g/mol. The number of carbonyl (C=O) groups excluding carboxylic acids is 2. The summed E-state index contributed by atoms with van der Waals surface area (Å²) in [5, 5.41) is 4.84. The molecule has 0 bridgehead atoms. The van der Waals surface area contributed by atoms with Gasteiger partial charge in [-0.3, -0.25) is 4.79 Å². The Morgan fingerprint density at radius 3 is 2.31 bits per heavy atom. The molecule has 4 aromatic carbocycles. The zero-order chi connectivity index (χ0) is 35.4. The molecule has 0 radical (unpaired) electrons. The Labute approximate surface area is 306 Å². The van der Waals surface area contributed by atoms with E-state index < -0.39 is 0 Å². The van der Waals surface area contributed by atoms with Crippen LogP contribution in [0, 0.1) is 5.92 Å². The fourth-order valence-electron chi connectivity index (χ4n) is 8.50. The lowest BCUT2D eigenvalue weighted by Gasteiger charge is -2.41. The van der Waals surface area contributed by atoms with Crippen molar-refractivity contribution in [2.24, 2.45) is 5.92 Å². The maximum atomic E-state index is 15.0. The highest BCUT2D eigenvalue weighted by molar-refractivity contribution is 5.86. The molecule has 52 heavy (non-hydrogen) atoms. The Balaban J connectivity index is 1.05. The summed E-state index contributed by atoms with van der Waals surface area (Å²) in [6.45, 7) is 2.36. The zero-order valence-electron chi connectivity index (χ0n) is 29.9. The lowest BCUT2D eigenvalue weighted by atomic mass is 9.90. The maximum Gasteiger partial charge on any atom is 0.409 e. The standard InChI is InChI=1S/C44H48N4O4/c1-51-23-11-20-42(39-26-46-41-19-10-9-18-38(39)41)48(33-21-22-33)43(49)31-24-32(45-25-30-12-3-2-4-13-30)28-47(27-31)44(50)52-29-40-36-16-7-5-14-34(36)35-15-6-8-17-37(35)40/h2-10,12-19,26,31-33,40,42,45-46H,11,20-25,27-29H2,1H3/t31-,32+,42?/m1/s1. The number of aromatic nitrogens is 1. The van der Waals surface area contributed by atoms with Crippen LogP contribution in [0.5, 0.6) is 0 Å². The van der Waals surface area contributed by atoms with Gasteiger partial charge in [-0.25, -0.2) is 4.79 Å². The first-order valence-corrected chi connectivity index (χ1v) is 18.8. The summed E-state index contributed by atoms with van der Waals surface area (Å²) >= 11 is 0. The normalized spacial score (nSPS) is 18.9. The van der Waals surface area contributed by atoms with Crippen LogP contribution in [0.15, 0.2) is 109 Å². The number of amides is 2. The lowest BCUT2D eigenvalue weighted by molar-refractivity contribution is -0.141. The van der Waals surface area contributed by atoms with E-state index in [1.54, 1.807) is 12.0 Å². The minimum Gasteiger partial charge on any atom is -0.448 e. The second-order valence-electron chi connectivity index (χ2n) is 14.6. The molecule has 8 heteroatoms. The number of rotatable bonds is 13. The van der Waals surface area contributed by atoms with Gasteiger partial charge < -0.3 is 29.6 Å². The first-order chi connectivity index (χ1) is 25.6. The number of piperidine rings is 1. The molecule has 2 amide bonds. The Morgan fingerprint density at radius 2 is 1.58 bits per heavy atom. The Hall–Kier alpha value is -4.92. The van der Waals surface area contributed by atoms with Crippen LogP contribution in [0.4, 0.5) is 4.79 Å². The van der Waals surface area contributed by atoms with Gasteiger partial charge in [-0.2, -0.15) is 0 Å². The topological polar surface area (TPSA) is 86.9 Å². The summed E-state index contributed by atoms with van der Waals surface area (Å²) in [6, 6.07) is 35.4. The average Bonchev–Trinajstić information content (AvgIpc) is 3.85. The molecule has 2 aliphatic carbocycles. The fraction of sp³-hybridized carbons (Fsp3) is 0.364. The second kappa shape index (κ2) is 15.4. The van der Waals surface area contributed by atoms with Gasteiger partial charge in [0.15, 0.2) is 0 Å². The quantitative estimate of drug-likeness (QED) is 0.122. The molecule has 2 N–H and O–H groups in total. The number of hydrogen-bond donors (Lipinski definition) is 2. The number of likely N-dealkylation sites (tertiary alicyclic amines) is 1. The van der Waals surface area contributed by atoms with E-state index >= 15 is 0 Å². The van der Waals surface area contributed by atoms with Crippen molar-refractivity contribution in [3.63, 3.8) is 0 Å². The van der Waals surface area contributed by atoms with Crippen LogP contribution in [-0.4, -0.2) is 72.3 Å². The van der Waals surface area contributed by atoms with Crippen LogP contribution in [-0.2, 0) is 20.8 Å². The molecule has 5 aromatic rings. The first-order valence-electron chi connectivity index (χ1n) is 18.8. The molecule has 0 spiro atoms. The fourth-order valence-corrected chi connectivity index (χ4v) is 8.50. The van der Waals surface area contributed by atoms with Crippen LogP contribution in [0.2, 0.25) is 0 Å². The lowest BCUT2D eigenvalue weighted by Crippen LogP contribution is -2.55. The van der Waals surface area contributed by atoms with E-state index in [-0.39, 0.29) is 48.6 Å². The zero-order valence-corrected chi connectivity index (χ0v) is 29.9. The molecule has 2 fully saturated rings. The van der Waals surface area contributed by atoms with Crippen molar-refractivity contribution in [1.82, 2.24) is 20.1 Å². The van der Waals surface area contributed by atoms with Crippen LogP contribution in [0.25, 0.3) is 22.0 Å². The molecular formula is C44H48N4O4. The van der Waals surface area contributed by atoms with Gasteiger partial charge in [0.05, 0.1) is 12.0 Å². The molecule has 3 aliphatic rings. The third-order valence-corrected chi connectivity index (χ3v) is 11.2. The monoisotopic (exact) mass is 696 g/mol. The number of methoxy groups -OCH3 is 1. The van der Waals surface area contributed by atoms with Crippen molar-refractivity contribution >= 4 is 22.9 Å². The van der Waals surface area contributed by atoms with Crippen molar-refractivity contribution in [1.29, 1.82) is 0 Å². The van der Waals surface area contributed by atoms with E-state index in [0.29, 0.717) is 32.7 Å². The summed E-state index contributed by atoms with van der Waals surface area (Å²) in [5.41, 5.74) is 8.15. The molecule has 1 saturated heterocycles. The average molecular weight is 697 g/mol. The Kier molecular flexibility index (Phi) is 10.1. The second-order valence-corrected chi connectivity index (χ2v) is 14.6. The van der Waals surface area contributed by atoms with E-state index in [9.17, 15) is 9.59 Å². The highest BCUT2D eigenvalue weighted by Crippen LogP contribution is 2.45. The third-order valence-electron chi connectivity index (χ3n) is 11.2. The number of nitrogens with one attached hydrogen (secondary N) is 2. The van der Waals surface area contributed by atoms with Gasteiger partial charge in [-0.15, -0.1) is 0 Å². The molecule has 2 heterocycles. The molecule has 1 saturated carbocycles. The van der Waals surface area contributed by atoms with Crippen LogP contribution in [0.1, 0.15) is 66.3 Å². The van der Waals surface area contributed by atoms with E-state index in [1.165, 1.54) is 27.8 Å². The number of para-hydroxylation sites is 1. The van der Waals surface area contributed by atoms with Crippen LogP contribution in [0.3, 0.4) is 0 Å². The smallest absolute Gasteiger partial charge is 0.409 e. The number of H-pyrrole nitrogens is 1. The van der Waals surface area contributed by atoms with E-state index in [4.69, 9.17) is 9.47 Å². The molecule has 3 atom stereocenters. The number of benzene rings is 4. The molecule has 1 aromatic heterocycles. The first kappa shape index (κ1) is 34.2. The number of carbonyl (C=O) groups is 2. The molecule has 268 valence electrons.